The Morgan fingerprint density at radius 2 is 1.94 bits per heavy atom. The third-order valence-corrected chi connectivity index (χ3v) is 5.61. The lowest BCUT2D eigenvalue weighted by Crippen LogP contribution is -2.31. The number of carbonyl (C=O) groups is 1. The quantitative estimate of drug-likeness (QED) is 0.305. The second-order valence-corrected chi connectivity index (χ2v) is 7.93. The van der Waals surface area contributed by atoms with E-state index in [0.29, 0.717) is 16.4 Å². The Kier molecular flexibility index (Phi) is 5.60. The van der Waals surface area contributed by atoms with Crippen LogP contribution in [0.15, 0.2) is 73.3 Å². The van der Waals surface area contributed by atoms with Crippen LogP contribution in [-0.2, 0) is 0 Å². The average molecular weight is 459 g/mol. The van der Waals surface area contributed by atoms with E-state index < -0.39 is 6.04 Å². The molecule has 5 aromatic rings. The van der Waals surface area contributed by atoms with Crippen molar-refractivity contribution < 1.29 is 9.90 Å². The van der Waals surface area contributed by atoms with Crippen molar-refractivity contribution >= 4 is 28.5 Å². The van der Waals surface area contributed by atoms with Crippen molar-refractivity contribution in [2.45, 2.75) is 6.04 Å². The third-order valence-electron chi connectivity index (χ3n) is 5.38. The summed E-state index contributed by atoms with van der Waals surface area (Å²) in [5.41, 5.74) is 5.14. The second kappa shape index (κ2) is 8.85. The van der Waals surface area contributed by atoms with Gasteiger partial charge in [0.05, 0.1) is 18.3 Å². The third kappa shape index (κ3) is 4.21. The van der Waals surface area contributed by atoms with Crippen molar-refractivity contribution in [2.75, 3.05) is 6.61 Å². The van der Waals surface area contributed by atoms with Crippen molar-refractivity contribution in [2.24, 2.45) is 0 Å². The minimum atomic E-state index is -0.574. The van der Waals surface area contributed by atoms with E-state index in [2.05, 4.69) is 30.5 Å². The molecule has 4 N–H and O–H groups in total. The molecule has 1 amide bonds. The number of benzene rings is 1. The Bertz CT molecular complexity index is 1430. The number of rotatable bonds is 6. The molecule has 0 fully saturated rings. The van der Waals surface area contributed by atoms with Gasteiger partial charge in [0, 0.05) is 51.9 Å². The minimum Gasteiger partial charge on any atom is -0.394 e. The van der Waals surface area contributed by atoms with Gasteiger partial charge in [-0.15, -0.1) is 0 Å². The lowest BCUT2D eigenvalue weighted by atomic mass is 10.1. The first kappa shape index (κ1) is 20.9. The van der Waals surface area contributed by atoms with Crippen LogP contribution in [0.5, 0.6) is 0 Å². The predicted octanol–water partition coefficient (Wildman–Crippen LogP) is 4.13. The van der Waals surface area contributed by atoms with Gasteiger partial charge < -0.3 is 15.4 Å². The minimum absolute atomic E-state index is 0.251. The smallest absolute Gasteiger partial charge is 0.268 e. The van der Waals surface area contributed by atoms with Gasteiger partial charge in [0.15, 0.2) is 5.65 Å². The van der Waals surface area contributed by atoms with Gasteiger partial charge in [0.2, 0.25) is 0 Å². The van der Waals surface area contributed by atoms with E-state index in [-0.39, 0.29) is 12.5 Å². The Morgan fingerprint density at radius 3 is 2.73 bits per heavy atom. The number of H-pyrrole nitrogens is 2. The van der Waals surface area contributed by atoms with Gasteiger partial charge in [-0.3, -0.25) is 14.9 Å². The molecule has 5 rings (SSSR count). The molecule has 4 heterocycles. The van der Waals surface area contributed by atoms with Crippen molar-refractivity contribution in [3.05, 3.63) is 89.6 Å². The summed E-state index contributed by atoms with van der Waals surface area (Å²) in [5.74, 6) is -0.338. The molecule has 9 heteroatoms. The summed E-state index contributed by atoms with van der Waals surface area (Å²) in [5, 5.41) is 21.3. The SMILES string of the molecule is O=C(NC(CO)c1cccc(Cl)c1)c1cc(-c2cnc3n[nH]c(-c4ccncc4)c3c2)c[nH]1. The maximum atomic E-state index is 12.8. The first-order valence-electron chi connectivity index (χ1n) is 10.2. The first-order chi connectivity index (χ1) is 16.1. The highest BCUT2D eigenvalue weighted by atomic mass is 35.5. The fourth-order valence-corrected chi connectivity index (χ4v) is 3.88. The van der Waals surface area contributed by atoms with Gasteiger partial charge in [-0.05, 0) is 42.0 Å². The van der Waals surface area contributed by atoms with Crippen LogP contribution in [0.1, 0.15) is 22.1 Å². The zero-order chi connectivity index (χ0) is 22.8. The Labute approximate surface area is 193 Å². The highest BCUT2D eigenvalue weighted by Gasteiger charge is 2.18. The first-order valence-corrected chi connectivity index (χ1v) is 10.6. The van der Waals surface area contributed by atoms with Crippen LogP contribution in [0.2, 0.25) is 5.02 Å². The van der Waals surface area contributed by atoms with E-state index in [1.807, 2.05) is 18.2 Å². The number of amides is 1. The van der Waals surface area contributed by atoms with E-state index >= 15 is 0 Å². The lowest BCUT2D eigenvalue weighted by molar-refractivity contribution is 0.0912. The number of aliphatic hydroxyl groups excluding tert-OH is 1. The number of aromatic amines is 2. The van der Waals surface area contributed by atoms with Crippen LogP contribution in [-0.4, -0.2) is 42.8 Å². The molecule has 0 aliphatic heterocycles. The number of fused-ring (bicyclic) bond motifs is 1. The van der Waals surface area contributed by atoms with Gasteiger partial charge in [0.25, 0.3) is 5.91 Å². The highest BCUT2D eigenvalue weighted by molar-refractivity contribution is 6.30. The zero-order valence-electron chi connectivity index (χ0n) is 17.3. The molecule has 33 heavy (non-hydrogen) atoms. The highest BCUT2D eigenvalue weighted by Crippen LogP contribution is 2.29. The molecule has 0 spiro atoms. The maximum absolute atomic E-state index is 12.8. The summed E-state index contributed by atoms with van der Waals surface area (Å²) in [6.07, 6.45) is 6.91. The summed E-state index contributed by atoms with van der Waals surface area (Å²) in [7, 11) is 0. The molecule has 0 radical (unpaired) electrons. The number of nitrogens with one attached hydrogen (secondary N) is 3. The van der Waals surface area contributed by atoms with Crippen molar-refractivity contribution in [3.63, 3.8) is 0 Å². The number of aromatic nitrogens is 5. The second-order valence-electron chi connectivity index (χ2n) is 7.50. The van der Waals surface area contributed by atoms with Gasteiger partial charge in [-0.2, -0.15) is 5.10 Å². The molecule has 0 aliphatic rings. The number of carbonyl (C=O) groups excluding carboxylic acids is 1. The van der Waals surface area contributed by atoms with E-state index in [4.69, 9.17) is 11.6 Å². The van der Waals surface area contributed by atoms with E-state index in [1.165, 1.54) is 0 Å². The van der Waals surface area contributed by atoms with Gasteiger partial charge in [-0.25, -0.2) is 4.98 Å². The summed E-state index contributed by atoms with van der Waals surface area (Å²) >= 11 is 6.04. The van der Waals surface area contributed by atoms with Gasteiger partial charge in [0.1, 0.15) is 5.69 Å². The number of hydrogen-bond acceptors (Lipinski definition) is 5. The number of halogens is 1. The molecular formula is C24H19ClN6O2. The molecule has 1 unspecified atom stereocenters. The summed E-state index contributed by atoms with van der Waals surface area (Å²) in [6.45, 7) is -0.251. The van der Waals surface area contributed by atoms with Crippen molar-refractivity contribution in [1.82, 2.24) is 30.5 Å². The normalized spacial score (nSPS) is 12.1. The molecule has 0 bridgehead atoms. The van der Waals surface area contributed by atoms with E-state index in [9.17, 15) is 9.90 Å². The standard InChI is InChI=1S/C24H19ClN6O2/c25-18-3-1-2-15(8-18)21(13-32)29-24(33)20-10-17(11-27-20)16-9-19-22(14-4-6-26-7-5-14)30-31-23(19)28-12-16/h1-12,21,27,32H,13H2,(H,29,33)(H,28,30,31). The van der Waals surface area contributed by atoms with E-state index in [1.54, 1.807) is 55.1 Å². The number of hydrogen-bond donors (Lipinski definition) is 4. The van der Waals surface area contributed by atoms with Crippen LogP contribution in [0, 0.1) is 0 Å². The van der Waals surface area contributed by atoms with Crippen LogP contribution in [0.4, 0.5) is 0 Å². The average Bonchev–Trinajstić information content (AvgIpc) is 3.50. The molecule has 0 saturated carbocycles. The van der Waals surface area contributed by atoms with Crippen molar-refractivity contribution in [3.8, 4) is 22.4 Å². The molecule has 8 nitrogen and oxygen atoms in total. The fourth-order valence-electron chi connectivity index (χ4n) is 3.68. The molecule has 164 valence electrons. The largest absolute Gasteiger partial charge is 0.394 e. The van der Waals surface area contributed by atoms with Crippen LogP contribution >= 0.6 is 11.6 Å². The zero-order valence-corrected chi connectivity index (χ0v) is 18.0. The summed E-state index contributed by atoms with van der Waals surface area (Å²) in [6, 6.07) is 14.0. The van der Waals surface area contributed by atoms with Crippen LogP contribution in [0.25, 0.3) is 33.4 Å². The molecule has 4 aromatic heterocycles. The topological polar surface area (TPSA) is 120 Å². The number of nitrogens with zero attached hydrogens (tertiary/aromatic N) is 3. The van der Waals surface area contributed by atoms with Crippen LogP contribution < -0.4 is 5.32 Å². The maximum Gasteiger partial charge on any atom is 0.268 e. The number of aliphatic hydroxyl groups is 1. The van der Waals surface area contributed by atoms with Crippen molar-refractivity contribution in [1.29, 1.82) is 0 Å². The summed E-state index contributed by atoms with van der Waals surface area (Å²) in [4.78, 5) is 24.3. The Morgan fingerprint density at radius 1 is 1.09 bits per heavy atom. The van der Waals surface area contributed by atoms with Crippen LogP contribution in [0.3, 0.4) is 0 Å². The Hall–Kier alpha value is -4.01. The summed E-state index contributed by atoms with van der Waals surface area (Å²) < 4.78 is 0. The lowest BCUT2D eigenvalue weighted by Gasteiger charge is -2.16. The molecule has 0 aliphatic carbocycles. The molecule has 1 aromatic carbocycles. The number of pyridine rings is 2. The fraction of sp³-hybridized carbons (Fsp3) is 0.0833. The predicted molar refractivity (Wildman–Crippen MR) is 126 cm³/mol. The molecule has 0 saturated heterocycles. The Balaban J connectivity index is 1.40. The van der Waals surface area contributed by atoms with E-state index in [0.717, 1.165) is 33.3 Å². The van der Waals surface area contributed by atoms with Gasteiger partial charge >= 0.3 is 0 Å². The molecular weight excluding hydrogens is 440 g/mol. The van der Waals surface area contributed by atoms with Gasteiger partial charge in [-0.1, -0.05) is 23.7 Å². The monoisotopic (exact) mass is 458 g/mol. The molecule has 1 atom stereocenters.